The van der Waals surface area contributed by atoms with Crippen LogP contribution in [0, 0.1) is 0 Å². The molecule has 1 saturated heterocycles. The van der Waals surface area contributed by atoms with Crippen molar-refractivity contribution >= 4 is 5.97 Å². The van der Waals surface area contributed by atoms with Crippen molar-refractivity contribution in [2.75, 3.05) is 20.2 Å². The van der Waals surface area contributed by atoms with E-state index in [0.29, 0.717) is 0 Å². The Morgan fingerprint density at radius 2 is 2.06 bits per heavy atom. The zero-order valence-electron chi connectivity index (χ0n) is 10.4. The Bertz CT molecular complexity index is 380. The monoisotopic (exact) mass is 237 g/mol. The highest BCUT2D eigenvalue weighted by molar-refractivity contribution is 5.86. The van der Waals surface area contributed by atoms with Gasteiger partial charge in [-0.25, -0.2) is 4.79 Å². The van der Waals surface area contributed by atoms with Gasteiger partial charge in [-0.3, -0.25) is 4.90 Å². The second-order valence-corrected chi connectivity index (χ2v) is 4.47. The number of nitrogens with zero attached hydrogens (tertiary/aromatic N) is 1. The van der Waals surface area contributed by atoms with Crippen LogP contribution in [0.3, 0.4) is 0 Å². The van der Waals surface area contributed by atoms with Crippen molar-refractivity contribution in [3.8, 4) is 0 Å². The van der Waals surface area contributed by atoms with E-state index < -0.39 is 5.97 Å². The summed E-state index contributed by atoms with van der Waals surface area (Å²) in [4.78, 5) is 13.7. The van der Waals surface area contributed by atoms with E-state index in [9.17, 15) is 4.79 Å². The molecule has 1 unspecified atom stereocenters. The Kier molecular flexibility index (Phi) is 3.84. The van der Waals surface area contributed by atoms with Crippen LogP contribution in [0.15, 0.2) is 16.5 Å². The van der Waals surface area contributed by atoms with Crippen LogP contribution < -0.4 is 0 Å². The second kappa shape index (κ2) is 5.36. The minimum Gasteiger partial charge on any atom is -0.463 e. The van der Waals surface area contributed by atoms with E-state index in [1.807, 2.05) is 6.07 Å². The first-order valence-electron chi connectivity index (χ1n) is 6.14. The third-order valence-electron chi connectivity index (χ3n) is 3.36. The molecule has 0 saturated carbocycles. The number of piperidine rings is 1. The summed E-state index contributed by atoms with van der Waals surface area (Å²) in [5.41, 5.74) is 0. The predicted molar refractivity (Wildman–Crippen MR) is 63.9 cm³/mol. The fourth-order valence-electron chi connectivity index (χ4n) is 2.27. The highest BCUT2D eigenvalue weighted by atomic mass is 16.5. The van der Waals surface area contributed by atoms with Gasteiger partial charge < -0.3 is 9.15 Å². The normalized spacial score (nSPS) is 18.9. The molecule has 0 N–H and O–H groups in total. The number of methoxy groups -OCH3 is 1. The van der Waals surface area contributed by atoms with Crippen LogP contribution in [0.1, 0.15) is 48.5 Å². The molecule has 2 heterocycles. The van der Waals surface area contributed by atoms with Crippen molar-refractivity contribution in [1.82, 2.24) is 4.90 Å². The van der Waals surface area contributed by atoms with Crippen molar-refractivity contribution in [3.05, 3.63) is 23.7 Å². The molecule has 1 aromatic rings. The zero-order valence-corrected chi connectivity index (χ0v) is 10.4. The van der Waals surface area contributed by atoms with E-state index >= 15 is 0 Å². The number of hydrogen-bond donors (Lipinski definition) is 0. The van der Waals surface area contributed by atoms with Gasteiger partial charge in [0, 0.05) is 0 Å². The van der Waals surface area contributed by atoms with E-state index in [1.165, 1.54) is 26.4 Å². The van der Waals surface area contributed by atoms with Gasteiger partial charge in [0.15, 0.2) is 0 Å². The molecule has 2 rings (SSSR count). The Labute approximate surface area is 102 Å². The van der Waals surface area contributed by atoms with Crippen molar-refractivity contribution < 1.29 is 13.9 Å². The van der Waals surface area contributed by atoms with Gasteiger partial charge in [0.2, 0.25) is 5.76 Å². The topological polar surface area (TPSA) is 42.7 Å². The van der Waals surface area contributed by atoms with E-state index in [2.05, 4.69) is 16.6 Å². The number of hydrogen-bond acceptors (Lipinski definition) is 4. The molecule has 0 aliphatic carbocycles. The van der Waals surface area contributed by atoms with Crippen molar-refractivity contribution in [2.24, 2.45) is 0 Å². The first-order valence-corrected chi connectivity index (χ1v) is 6.14. The first-order chi connectivity index (χ1) is 8.22. The van der Waals surface area contributed by atoms with Gasteiger partial charge in [0.1, 0.15) is 5.76 Å². The Morgan fingerprint density at radius 1 is 1.35 bits per heavy atom. The van der Waals surface area contributed by atoms with E-state index in [4.69, 9.17) is 4.42 Å². The molecular weight excluding hydrogens is 218 g/mol. The summed E-state index contributed by atoms with van der Waals surface area (Å²) in [6.07, 6.45) is 3.80. The Morgan fingerprint density at radius 3 is 2.71 bits per heavy atom. The standard InChI is InChI=1S/C13H19NO3/c1-10(14-8-4-3-5-9-14)11-6-7-12(17-11)13(15)16-2/h6-7,10H,3-5,8-9H2,1-2H3. The number of rotatable bonds is 3. The molecule has 0 aromatic carbocycles. The summed E-state index contributed by atoms with van der Waals surface area (Å²) in [5, 5.41) is 0. The van der Waals surface area contributed by atoms with Crippen LogP contribution >= 0.6 is 0 Å². The fraction of sp³-hybridized carbons (Fsp3) is 0.615. The summed E-state index contributed by atoms with van der Waals surface area (Å²) in [5.74, 6) is 0.709. The maximum atomic E-state index is 11.3. The van der Waals surface area contributed by atoms with Crippen molar-refractivity contribution in [1.29, 1.82) is 0 Å². The molecule has 1 atom stereocenters. The smallest absolute Gasteiger partial charge is 0.373 e. The molecule has 4 heteroatoms. The summed E-state index contributed by atoms with van der Waals surface area (Å²) in [6, 6.07) is 3.78. The van der Waals surface area contributed by atoms with Gasteiger partial charge in [-0.15, -0.1) is 0 Å². The lowest BCUT2D eigenvalue weighted by Crippen LogP contribution is -2.32. The maximum Gasteiger partial charge on any atom is 0.373 e. The SMILES string of the molecule is COC(=O)c1ccc(C(C)N2CCCCC2)o1. The number of likely N-dealkylation sites (tertiary alicyclic amines) is 1. The lowest BCUT2D eigenvalue weighted by molar-refractivity contribution is 0.0558. The molecule has 1 aliphatic rings. The summed E-state index contributed by atoms with van der Waals surface area (Å²) >= 11 is 0. The average molecular weight is 237 g/mol. The molecule has 0 amide bonds. The molecule has 17 heavy (non-hydrogen) atoms. The van der Waals surface area contributed by atoms with Gasteiger partial charge in [-0.2, -0.15) is 0 Å². The summed E-state index contributed by atoms with van der Waals surface area (Å²) in [7, 11) is 1.36. The van der Waals surface area contributed by atoms with E-state index in [-0.39, 0.29) is 11.8 Å². The number of ether oxygens (including phenoxy) is 1. The molecule has 1 aliphatic heterocycles. The van der Waals surface area contributed by atoms with Crippen LogP contribution in [0.5, 0.6) is 0 Å². The molecule has 94 valence electrons. The lowest BCUT2D eigenvalue weighted by atomic mass is 10.1. The van der Waals surface area contributed by atoms with Crippen molar-refractivity contribution in [2.45, 2.75) is 32.2 Å². The molecule has 4 nitrogen and oxygen atoms in total. The first kappa shape index (κ1) is 12.2. The number of carbonyl (C=O) groups is 1. The fourth-order valence-corrected chi connectivity index (χ4v) is 2.27. The number of furan rings is 1. The lowest BCUT2D eigenvalue weighted by Gasteiger charge is -2.31. The third-order valence-corrected chi connectivity index (χ3v) is 3.36. The molecule has 0 radical (unpaired) electrons. The van der Waals surface area contributed by atoms with Crippen LogP contribution in [-0.2, 0) is 4.74 Å². The predicted octanol–water partition coefficient (Wildman–Crippen LogP) is 2.61. The van der Waals surface area contributed by atoms with Gasteiger partial charge in [0.05, 0.1) is 13.2 Å². The van der Waals surface area contributed by atoms with Gasteiger partial charge >= 0.3 is 5.97 Å². The molecule has 1 aromatic heterocycles. The third kappa shape index (κ3) is 2.69. The largest absolute Gasteiger partial charge is 0.463 e. The number of esters is 1. The van der Waals surface area contributed by atoms with Gasteiger partial charge in [-0.1, -0.05) is 6.42 Å². The maximum absolute atomic E-state index is 11.3. The average Bonchev–Trinajstić information content (AvgIpc) is 2.87. The van der Waals surface area contributed by atoms with E-state index in [1.54, 1.807) is 6.07 Å². The van der Waals surface area contributed by atoms with Crippen molar-refractivity contribution in [3.63, 3.8) is 0 Å². The highest BCUT2D eigenvalue weighted by Gasteiger charge is 2.22. The summed E-state index contributed by atoms with van der Waals surface area (Å²) in [6.45, 7) is 4.33. The molecule has 1 fully saturated rings. The highest BCUT2D eigenvalue weighted by Crippen LogP contribution is 2.25. The molecular formula is C13H19NO3. The van der Waals surface area contributed by atoms with E-state index in [0.717, 1.165) is 18.8 Å². The minimum atomic E-state index is -0.415. The summed E-state index contributed by atoms with van der Waals surface area (Å²) < 4.78 is 10.2. The zero-order chi connectivity index (χ0) is 12.3. The second-order valence-electron chi connectivity index (χ2n) is 4.47. The van der Waals surface area contributed by atoms with Gasteiger partial charge in [0.25, 0.3) is 0 Å². The Hall–Kier alpha value is -1.29. The quantitative estimate of drug-likeness (QED) is 0.758. The minimum absolute atomic E-state index is 0.230. The van der Waals surface area contributed by atoms with Gasteiger partial charge in [-0.05, 0) is 45.0 Å². The van der Waals surface area contributed by atoms with Crippen LogP contribution in [-0.4, -0.2) is 31.1 Å². The Balaban J connectivity index is 2.05. The van der Waals surface area contributed by atoms with Crippen LogP contribution in [0.25, 0.3) is 0 Å². The number of carbonyl (C=O) groups excluding carboxylic acids is 1. The molecule has 0 spiro atoms. The van der Waals surface area contributed by atoms with Crippen LogP contribution in [0.2, 0.25) is 0 Å². The van der Waals surface area contributed by atoms with Crippen LogP contribution in [0.4, 0.5) is 0 Å². The molecule has 0 bridgehead atoms.